The number of aryl methyl sites for hydroxylation is 1. The molecule has 1 aliphatic heterocycles. The van der Waals surface area contributed by atoms with Gasteiger partial charge >= 0.3 is 0 Å². The molecule has 0 bridgehead atoms. The van der Waals surface area contributed by atoms with Gasteiger partial charge in [0.2, 0.25) is 5.91 Å². The molecule has 0 aromatic heterocycles. The Morgan fingerprint density at radius 2 is 2.00 bits per heavy atom. The SMILES string of the molecule is CC1NC(CCc2ccccc2)C(=O)N1C1CCC1. The van der Waals surface area contributed by atoms with Gasteiger partial charge < -0.3 is 4.90 Å². The van der Waals surface area contributed by atoms with Crippen molar-refractivity contribution in [2.75, 3.05) is 0 Å². The van der Waals surface area contributed by atoms with Crippen molar-refractivity contribution in [3.63, 3.8) is 0 Å². The van der Waals surface area contributed by atoms with Crippen LogP contribution in [0.3, 0.4) is 0 Å². The molecule has 3 nitrogen and oxygen atoms in total. The van der Waals surface area contributed by atoms with Crippen LogP contribution in [-0.2, 0) is 11.2 Å². The number of benzene rings is 1. The van der Waals surface area contributed by atoms with Crippen LogP contribution < -0.4 is 5.32 Å². The molecule has 0 radical (unpaired) electrons. The van der Waals surface area contributed by atoms with Gasteiger partial charge in [-0.05, 0) is 44.6 Å². The molecular weight excluding hydrogens is 236 g/mol. The second kappa shape index (κ2) is 5.33. The second-order valence-electron chi connectivity index (χ2n) is 5.75. The van der Waals surface area contributed by atoms with Gasteiger partial charge in [0.25, 0.3) is 0 Å². The molecule has 3 rings (SSSR count). The zero-order valence-corrected chi connectivity index (χ0v) is 11.5. The molecule has 3 heteroatoms. The predicted molar refractivity (Wildman–Crippen MR) is 75.6 cm³/mol. The average Bonchev–Trinajstić information content (AvgIpc) is 2.64. The lowest BCUT2D eigenvalue weighted by atomic mass is 9.91. The van der Waals surface area contributed by atoms with Gasteiger partial charge in [-0.25, -0.2) is 0 Å². The molecule has 2 aliphatic rings. The first-order chi connectivity index (χ1) is 9.25. The van der Waals surface area contributed by atoms with E-state index in [1.807, 2.05) is 6.07 Å². The largest absolute Gasteiger partial charge is 0.323 e. The van der Waals surface area contributed by atoms with Crippen LogP contribution in [0.4, 0.5) is 0 Å². The van der Waals surface area contributed by atoms with E-state index in [1.54, 1.807) is 0 Å². The van der Waals surface area contributed by atoms with Crippen LogP contribution in [-0.4, -0.2) is 29.1 Å². The summed E-state index contributed by atoms with van der Waals surface area (Å²) in [5.41, 5.74) is 1.31. The third-order valence-corrected chi connectivity index (χ3v) is 4.44. The van der Waals surface area contributed by atoms with Gasteiger partial charge in [0.05, 0.1) is 12.2 Å². The third kappa shape index (κ3) is 2.52. The first kappa shape index (κ1) is 12.7. The van der Waals surface area contributed by atoms with Crippen molar-refractivity contribution in [3.05, 3.63) is 35.9 Å². The Labute approximate surface area is 115 Å². The molecule has 1 saturated carbocycles. The summed E-state index contributed by atoms with van der Waals surface area (Å²) in [6.45, 7) is 2.11. The maximum absolute atomic E-state index is 12.4. The highest BCUT2D eigenvalue weighted by molar-refractivity contribution is 5.84. The lowest BCUT2D eigenvalue weighted by Crippen LogP contribution is -2.46. The molecule has 2 unspecified atom stereocenters. The molecular formula is C16H22N2O. The Morgan fingerprint density at radius 3 is 2.63 bits per heavy atom. The van der Waals surface area contributed by atoms with Crippen LogP contribution in [0.15, 0.2) is 30.3 Å². The van der Waals surface area contributed by atoms with Crippen molar-refractivity contribution >= 4 is 5.91 Å². The van der Waals surface area contributed by atoms with E-state index in [2.05, 4.69) is 41.4 Å². The van der Waals surface area contributed by atoms with Crippen molar-refractivity contribution in [2.24, 2.45) is 0 Å². The summed E-state index contributed by atoms with van der Waals surface area (Å²) < 4.78 is 0. The van der Waals surface area contributed by atoms with Crippen molar-refractivity contribution < 1.29 is 4.79 Å². The van der Waals surface area contributed by atoms with Crippen LogP contribution in [0.25, 0.3) is 0 Å². The zero-order chi connectivity index (χ0) is 13.2. The van der Waals surface area contributed by atoms with E-state index in [0.29, 0.717) is 11.9 Å². The maximum atomic E-state index is 12.4. The van der Waals surface area contributed by atoms with E-state index in [-0.39, 0.29) is 12.2 Å². The Bertz CT molecular complexity index is 441. The topological polar surface area (TPSA) is 32.3 Å². The number of carbonyl (C=O) groups is 1. The molecule has 1 aromatic rings. The summed E-state index contributed by atoms with van der Waals surface area (Å²) in [7, 11) is 0. The number of hydrogen-bond acceptors (Lipinski definition) is 2. The van der Waals surface area contributed by atoms with Crippen LogP contribution in [0.1, 0.15) is 38.2 Å². The van der Waals surface area contributed by atoms with Gasteiger partial charge in [0, 0.05) is 6.04 Å². The van der Waals surface area contributed by atoms with Crippen molar-refractivity contribution in [3.8, 4) is 0 Å². The predicted octanol–water partition coefficient (Wildman–Crippen LogP) is 2.32. The fourth-order valence-corrected chi connectivity index (χ4v) is 3.14. The maximum Gasteiger partial charge on any atom is 0.241 e. The third-order valence-electron chi connectivity index (χ3n) is 4.44. The Morgan fingerprint density at radius 1 is 1.26 bits per heavy atom. The van der Waals surface area contributed by atoms with Crippen LogP contribution in [0, 0.1) is 0 Å². The smallest absolute Gasteiger partial charge is 0.241 e. The highest BCUT2D eigenvalue weighted by Crippen LogP contribution is 2.29. The van der Waals surface area contributed by atoms with Gasteiger partial charge in [0.1, 0.15) is 0 Å². The summed E-state index contributed by atoms with van der Waals surface area (Å²) in [6.07, 6.45) is 5.72. The minimum Gasteiger partial charge on any atom is -0.323 e. The van der Waals surface area contributed by atoms with Crippen molar-refractivity contribution in [2.45, 2.75) is 57.3 Å². The molecule has 1 heterocycles. The standard InChI is InChI=1S/C16H22N2O/c1-12-17-15(11-10-13-6-3-2-4-7-13)16(19)18(12)14-8-5-9-14/h2-4,6-7,12,14-15,17H,5,8-11H2,1H3. The highest BCUT2D eigenvalue weighted by atomic mass is 16.2. The van der Waals surface area contributed by atoms with Crippen molar-refractivity contribution in [1.82, 2.24) is 10.2 Å². The molecule has 1 aromatic carbocycles. The summed E-state index contributed by atoms with van der Waals surface area (Å²) in [6, 6.07) is 10.9. The summed E-state index contributed by atoms with van der Waals surface area (Å²) in [5, 5.41) is 3.45. The zero-order valence-electron chi connectivity index (χ0n) is 11.5. The Balaban J connectivity index is 1.58. The van der Waals surface area contributed by atoms with Gasteiger partial charge in [-0.1, -0.05) is 30.3 Å². The minimum absolute atomic E-state index is 0.0100. The molecule has 2 atom stereocenters. The van der Waals surface area contributed by atoms with Crippen molar-refractivity contribution in [1.29, 1.82) is 0 Å². The van der Waals surface area contributed by atoms with Gasteiger partial charge in [-0.2, -0.15) is 0 Å². The lowest BCUT2D eigenvalue weighted by molar-refractivity contribution is -0.133. The Kier molecular flexibility index (Phi) is 3.56. The van der Waals surface area contributed by atoms with E-state index in [1.165, 1.54) is 24.8 Å². The van der Waals surface area contributed by atoms with Crippen LogP contribution in [0.2, 0.25) is 0 Å². The number of hydrogen-bond donors (Lipinski definition) is 1. The fraction of sp³-hybridized carbons (Fsp3) is 0.562. The number of carbonyl (C=O) groups excluding carboxylic acids is 1. The second-order valence-corrected chi connectivity index (χ2v) is 5.75. The summed E-state index contributed by atoms with van der Waals surface area (Å²) in [5.74, 6) is 0.313. The van der Waals surface area contributed by atoms with Crippen LogP contribution in [0.5, 0.6) is 0 Å². The van der Waals surface area contributed by atoms with E-state index < -0.39 is 0 Å². The normalized spacial score (nSPS) is 27.6. The summed E-state index contributed by atoms with van der Waals surface area (Å²) in [4.78, 5) is 14.5. The number of nitrogens with zero attached hydrogens (tertiary/aromatic N) is 1. The molecule has 1 saturated heterocycles. The Hall–Kier alpha value is -1.35. The fourth-order valence-electron chi connectivity index (χ4n) is 3.14. The monoisotopic (exact) mass is 258 g/mol. The average molecular weight is 258 g/mol. The number of rotatable bonds is 4. The molecule has 1 amide bonds. The van der Waals surface area contributed by atoms with E-state index in [9.17, 15) is 4.79 Å². The molecule has 0 spiro atoms. The van der Waals surface area contributed by atoms with Gasteiger partial charge in [0.15, 0.2) is 0 Å². The minimum atomic E-state index is 0.0100. The first-order valence-electron chi connectivity index (χ1n) is 7.38. The molecule has 1 aliphatic carbocycles. The molecule has 19 heavy (non-hydrogen) atoms. The quantitative estimate of drug-likeness (QED) is 0.899. The number of amides is 1. The van der Waals surface area contributed by atoms with Gasteiger partial charge in [-0.15, -0.1) is 0 Å². The van der Waals surface area contributed by atoms with E-state index in [0.717, 1.165) is 12.8 Å². The molecule has 102 valence electrons. The summed E-state index contributed by atoms with van der Waals surface area (Å²) >= 11 is 0. The van der Waals surface area contributed by atoms with E-state index >= 15 is 0 Å². The highest BCUT2D eigenvalue weighted by Gasteiger charge is 2.41. The molecule has 1 N–H and O–H groups in total. The lowest BCUT2D eigenvalue weighted by Gasteiger charge is -2.37. The molecule has 2 fully saturated rings. The number of nitrogens with one attached hydrogen (secondary N) is 1. The van der Waals surface area contributed by atoms with Crippen LogP contribution >= 0.6 is 0 Å². The van der Waals surface area contributed by atoms with E-state index in [4.69, 9.17) is 0 Å². The van der Waals surface area contributed by atoms with Gasteiger partial charge in [-0.3, -0.25) is 10.1 Å². The first-order valence-corrected chi connectivity index (χ1v) is 7.38.